The van der Waals surface area contributed by atoms with Gasteiger partial charge in [0, 0.05) is 11.2 Å². The second-order valence-corrected chi connectivity index (χ2v) is 3.45. The Balaban J connectivity index is 2.45. The van der Waals surface area contributed by atoms with Crippen LogP contribution in [0.3, 0.4) is 0 Å². The van der Waals surface area contributed by atoms with Gasteiger partial charge in [0.25, 0.3) is 0 Å². The van der Waals surface area contributed by atoms with Gasteiger partial charge in [-0.1, -0.05) is 11.6 Å². The molecule has 0 aliphatic carbocycles. The van der Waals surface area contributed by atoms with Crippen LogP contribution in [0.25, 0.3) is 5.69 Å². The van der Waals surface area contributed by atoms with E-state index in [1.807, 2.05) is 0 Å². The van der Waals surface area contributed by atoms with Crippen molar-refractivity contribution in [1.82, 2.24) is 9.78 Å². The Bertz CT molecular complexity index is 455. The fourth-order valence-corrected chi connectivity index (χ4v) is 1.43. The minimum atomic E-state index is -1.54. The van der Waals surface area contributed by atoms with Gasteiger partial charge in [-0.05, 0) is 30.3 Å². The maximum absolute atomic E-state index is 9.08. The molecule has 0 fully saturated rings. The van der Waals surface area contributed by atoms with Crippen molar-refractivity contribution in [3.63, 3.8) is 0 Å². The first kappa shape index (κ1) is 10.2. The number of hydrogen-bond acceptors (Lipinski definition) is 3. The minimum absolute atomic E-state index is 0.317. The molecular weight excluding hydrogens is 214 g/mol. The molecule has 76 valence electrons. The molecule has 6 heteroatoms. The number of rotatable bonds is 2. The second-order valence-electron chi connectivity index (χ2n) is 3.02. The molecule has 0 aliphatic heterocycles. The van der Waals surface area contributed by atoms with Gasteiger partial charge in [0.1, 0.15) is 0 Å². The average molecular weight is 222 g/mol. The molecule has 2 aromatic rings. The largest absolute Gasteiger partial charge is 0.508 e. The zero-order valence-corrected chi connectivity index (χ0v) is 8.46. The summed E-state index contributed by atoms with van der Waals surface area (Å²) in [6.07, 6.45) is 1.50. The van der Waals surface area contributed by atoms with E-state index in [0.29, 0.717) is 10.6 Å². The van der Waals surface area contributed by atoms with E-state index in [1.165, 1.54) is 10.9 Å². The van der Waals surface area contributed by atoms with E-state index >= 15 is 0 Å². The molecule has 1 heterocycles. The van der Waals surface area contributed by atoms with Crippen molar-refractivity contribution in [3.8, 4) is 5.69 Å². The lowest BCUT2D eigenvalue weighted by atomic mass is 9.86. The molecule has 0 aliphatic rings. The Labute approximate surface area is 91.9 Å². The quantitative estimate of drug-likeness (QED) is 0.714. The molecule has 1 aromatic heterocycles. The first-order valence-corrected chi connectivity index (χ1v) is 4.72. The highest BCUT2D eigenvalue weighted by atomic mass is 35.5. The summed E-state index contributed by atoms with van der Waals surface area (Å²) in [5.41, 5.74) is 1.05. The summed E-state index contributed by atoms with van der Waals surface area (Å²) in [5, 5.41) is 22.8. The molecule has 15 heavy (non-hydrogen) atoms. The van der Waals surface area contributed by atoms with Gasteiger partial charge in [0.15, 0.2) is 0 Å². The molecule has 4 nitrogen and oxygen atoms in total. The summed E-state index contributed by atoms with van der Waals surface area (Å²) >= 11 is 5.75. The van der Waals surface area contributed by atoms with Crippen molar-refractivity contribution in [2.75, 3.05) is 0 Å². The molecule has 0 saturated carbocycles. The van der Waals surface area contributed by atoms with Gasteiger partial charge >= 0.3 is 7.12 Å². The average Bonchev–Trinajstić information content (AvgIpc) is 2.67. The Morgan fingerprint density at radius 1 is 1.13 bits per heavy atom. The van der Waals surface area contributed by atoms with Crippen molar-refractivity contribution < 1.29 is 10.0 Å². The smallest absolute Gasteiger partial charge is 0.422 e. The Hall–Kier alpha value is -1.30. The molecule has 0 spiro atoms. The van der Waals surface area contributed by atoms with Gasteiger partial charge < -0.3 is 10.0 Å². The molecule has 2 N–H and O–H groups in total. The van der Waals surface area contributed by atoms with Crippen LogP contribution in [0, 0.1) is 0 Å². The Morgan fingerprint density at radius 3 is 2.40 bits per heavy atom. The van der Waals surface area contributed by atoms with E-state index in [1.54, 1.807) is 30.3 Å². The van der Waals surface area contributed by atoms with E-state index < -0.39 is 7.12 Å². The third kappa shape index (κ3) is 2.04. The van der Waals surface area contributed by atoms with Crippen LogP contribution >= 0.6 is 11.6 Å². The molecule has 0 bridgehead atoms. The number of nitrogens with zero attached hydrogens (tertiary/aromatic N) is 2. The zero-order chi connectivity index (χ0) is 10.8. The van der Waals surface area contributed by atoms with Crippen LogP contribution in [0.15, 0.2) is 36.5 Å². The normalized spacial score (nSPS) is 10.3. The van der Waals surface area contributed by atoms with Crippen LogP contribution in [-0.2, 0) is 0 Å². The van der Waals surface area contributed by atoms with Gasteiger partial charge in [0.2, 0.25) is 0 Å². The Kier molecular flexibility index (Phi) is 2.77. The van der Waals surface area contributed by atoms with Crippen LogP contribution < -0.4 is 5.59 Å². The van der Waals surface area contributed by atoms with Crippen molar-refractivity contribution in [2.24, 2.45) is 0 Å². The first-order chi connectivity index (χ1) is 7.18. The van der Waals surface area contributed by atoms with Gasteiger partial charge in [-0.2, -0.15) is 5.10 Å². The molecule has 0 saturated heterocycles. The molecule has 0 atom stereocenters. The molecule has 2 rings (SSSR count). The SMILES string of the molecule is OB(O)c1ccnn1-c1ccc(Cl)cc1. The summed E-state index contributed by atoms with van der Waals surface area (Å²) < 4.78 is 1.45. The van der Waals surface area contributed by atoms with Crippen molar-refractivity contribution in [2.45, 2.75) is 0 Å². The van der Waals surface area contributed by atoms with Gasteiger partial charge in [0.05, 0.1) is 11.3 Å². The monoisotopic (exact) mass is 222 g/mol. The zero-order valence-electron chi connectivity index (χ0n) is 7.71. The van der Waals surface area contributed by atoms with Crippen molar-refractivity contribution in [1.29, 1.82) is 0 Å². The summed E-state index contributed by atoms with van der Waals surface area (Å²) in [7, 11) is -1.54. The summed E-state index contributed by atoms with van der Waals surface area (Å²) in [6, 6.07) is 8.47. The summed E-state index contributed by atoms with van der Waals surface area (Å²) in [5.74, 6) is 0. The molecule has 0 amide bonds. The molecule has 1 aromatic carbocycles. The van der Waals surface area contributed by atoms with Crippen LogP contribution in [0.5, 0.6) is 0 Å². The third-order valence-electron chi connectivity index (χ3n) is 2.01. The molecule has 0 radical (unpaired) electrons. The topological polar surface area (TPSA) is 58.3 Å². The van der Waals surface area contributed by atoms with E-state index in [-0.39, 0.29) is 0 Å². The van der Waals surface area contributed by atoms with E-state index in [9.17, 15) is 0 Å². The van der Waals surface area contributed by atoms with Gasteiger partial charge in [-0.25, -0.2) is 4.68 Å². The molecule has 0 unspecified atom stereocenters. The number of benzene rings is 1. The Morgan fingerprint density at radius 2 is 1.80 bits per heavy atom. The highest BCUT2D eigenvalue weighted by molar-refractivity contribution is 6.57. The molecular formula is C9H8BClN2O2. The maximum Gasteiger partial charge on any atom is 0.508 e. The van der Waals surface area contributed by atoms with Crippen molar-refractivity contribution >= 4 is 24.3 Å². The first-order valence-electron chi connectivity index (χ1n) is 4.34. The number of hydrogen-bond donors (Lipinski definition) is 2. The van der Waals surface area contributed by atoms with Gasteiger partial charge in [-0.3, -0.25) is 0 Å². The fourth-order valence-electron chi connectivity index (χ4n) is 1.31. The van der Waals surface area contributed by atoms with E-state index in [4.69, 9.17) is 21.6 Å². The van der Waals surface area contributed by atoms with Crippen LogP contribution in [0.1, 0.15) is 0 Å². The fraction of sp³-hybridized carbons (Fsp3) is 0. The standard InChI is InChI=1S/C9H8BClN2O2/c11-7-1-3-8(4-2-7)13-9(10(14)15)5-6-12-13/h1-6,14-15H. The number of aromatic nitrogens is 2. The number of halogens is 1. The van der Waals surface area contributed by atoms with E-state index in [2.05, 4.69) is 5.10 Å². The lowest BCUT2D eigenvalue weighted by Gasteiger charge is -2.06. The maximum atomic E-state index is 9.08. The predicted molar refractivity (Wildman–Crippen MR) is 58.4 cm³/mol. The third-order valence-corrected chi connectivity index (χ3v) is 2.26. The summed E-state index contributed by atoms with van der Waals surface area (Å²) in [4.78, 5) is 0. The minimum Gasteiger partial charge on any atom is -0.422 e. The second kappa shape index (κ2) is 4.06. The van der Waals surface area contributed by atoms with Gasteiger partial charge in [-0.15, -0.1) is 0 Å². The predicted octanol–water partition coefficient (Wildman–Crippen LogP) is 0.205. The van der Waals surface area contributed by atoms with Crippen LogP contribution in [-0.4, -0.2) is 26.9 Å². The lowest BCUT2D eigenvalue weighted by Crippen LogP contribution is -2.35. The summed E-state index contributed by atoms with van der Waals surface area (Å²) in [6.45, 7) is 0. The van der Waals surface area contributed by atoms with E-state index in [0.717, 1.165) is 5.69 Å². The highest BCUT2D eigenvalue weighted by Crippen LogP contribution is 2.11. The van der Waals surface area contributed by atoms with Crippen LogP contribution in [0.2, 0.25) is 5.02 Å². The lowest BCUT2D eigenvalue weighted by molar-refractivity contribution is 0.423. The van der Waals surface area contributed by atoms with Crippen molar-refractivity contribution in [3.05, 3.63) is 41.6 Å². The van der Waals surface area contributed by atoms with Crippen LogP contribution in [0.4, 0.5) is 0 Å². The highest BCUT2D eigenvalue weighted by Gasteiger charge is 2.17.